The van der Waals surface area contributed by atoms with E-state index in [4.69, 9.17) is 37.3 Å². The first-order valence-corrected chi connectivity index (χ1v) is 21.6. The van der Waals surface area contributed by atoms with Crippen molar-refractivity contribution in [1.82, 2.24) is 0 Å². The zero-order valence-corrected chi connectivity index (χ0v) is 37.3. The van der Waals surface area contributed by atoms with Crippen molar-refractivity contribution in [3.8, 4) is 68.8 Å². The molecule has 0 radical (unpaired) electrons. The van der Waals surface area contributed by atoms with Crippen molar-refractivity contribution < 1.29 is 93.1 Å². The van der Waals surface area contributed by atoms with Gasteiger partial charge in [-0.15, -0.1) is 0 Å². The molecule has 0 aliphatic carbocycles. The normalized spacial score (nSPS) is 21.1. The number of aliphatic hydroxyl groups is 4. The first-order valence-electron chi connectivity index (χ1n) is 21.6. The van der Waals surface area contributed by atoms with Crippen LogP contribution in [0, 0.1) is 0 Å². The van der Waals surface area contributed by atoms with Gasteiger partial charge in [-0.25, -0.2) is 4.79 Å². The molecule has 0 saturated carbocycles. The van der Waals surface area contributed by atoms with Crippen molar-refractivity contribution >= 4 is 46.1 Å². The molecule has 20 heteroatoms. The minimum Gasteiger partial charge on any atom is -0.508 e. The lowest BCUT2D eigenvalue weighted by Gasteiger charge is -2.40. The summed E-state index contributed by atoms with van der Waals surface area (Å²) in [5.74, 6) is -3.57. The van der Waals surface area contributed by atoms with E-state index in [2.05, 4.69) is 0 Å². The topological polar surface area (TPSA) is 318 Å². The number of rotatable bonds is 12. The van der Waals surface area contributed by atoms with Gasteiger partial charge < -0.3 is 88.3 Å². The van der Waals surface area contributed by atoms with Gasteiger partial charge in [-0.1, -0.05) is 18.2 Å². The predicted molar refractivity (Wildman–Crippen MR) is 249 cm³/mol. The molecule has 1 saturated heterocycles. The minimum absolute atomic E-state index is 0.00749. The number of phenolic OH excluding ortho intramolecular Hbond substituents is 6. The van der Waals surface area contributed by atoms with Crippen LogP contribution >= 0.6 is 0 Å². The molecule has 20 nitrogen and oxygen atoms in total. The van der Waals surface area contributed by atoms with Gasteiger partial charge in [0.1, 0.15) is 77.1 Å². The second-order valence-corrected chi connectivity index (χ2v) is 16.6. The van der Waals surface area contributed by atoms with E-state index in [1.807, 2.05) is 0 Å². The Hall–Kier alpha value is -8.40. The van der Waals surface area contributed by atoms with E-state index in [1.54, 1.807) is 12.1 Å². The predicted octanol–water partition coefficient (Wildman–Crippen LogP) is 5.11. The third-order valence-corrected chi connectivity index (χ3v) is 12.0. The van der Waals surface area contributed by atoms with Crippen molar-refractivity contribution in [2.45, 2.75) is 49.3 Å². The number of phenols is 6. The maximum atomic E-state index is 13.3. The van der Waals surface area contributed by atoms with E-state index >= 15 is 0 Å². The number of benzene rings is 5. The van der Waals surface area contributed by atoms with Crippen LogP contribution in [0.3, 0.4) is 0 Å². The molecule has 2 aliphatic heterocycles. The highest BCUT2D eigenvalue weighted by Gasteiger charge is 2.46. The SMILES string of the molecule is COc1cc(-c2oc3cc(=O)cc4oc(/C=C/c5c(O)cc(O)c6c5OC(c5ccc(O)c(O)c5)C(O)C6)cc(c2OC2OC(COC(=O)/C=C/c5ccc(O)cc5)C(O)C(O)C2O)c43)cc(OC)c1O. The largest absolute Gasteiger partial charge is 0.508 e. The third-order valence-electron chi connectivity index (χ3n) is 12.0. The number of hydrogen-bond donors (Lipinski definition) is 10. The van der Waals surface area contributed by atoms with Gasteiger partial charge in [-0.2, -0.15) is 0 Å². The van der Waals surface area contributed by atoms with Gasteiger partial charge in [-0.3, -0.25) is 4.79 Å². The van der Waals surface area contributed by atoms with Crippen LogP contribution in [0.1, 0.15) is 34.1 Å². The second-order valence-electron chi connectivity index (χ2n) is 16.6. The molecule has 5 aromatic carbocycles. The average molecular weight is 977 g/mol. The van der Waals surface area contributed by atoms with Crippen LogP contribution < -0.4 is 24.4 Å². The van der Waals surface area contributed by atoms with Gasteiger partial charge in [0.25, 0.3) is 0 Å². The molecule has 0 bridgehead atoms. The molecule has 10 N–H and O–H groups in total. The zero-order chi connectivity index (χ0) is 50.4. The number of fused-ring (bicyclic) bond motifs is 1. The summed E-state index contributed by atoms with van der Waals surface area (Å²) in [5, 5.41) is 107. The number of aliphatic hydroxyl groups excluding tert-OH is 4. The van der Waals surface area contributed by atoms with Crippen molar-refractivity contribution in [3.63, 3.8) is 0 Å². The molecule has 9 rings (SSSR count). The maximum absolute atomic E-state index is 13.3. The molecule has 0 amide bonds. The van der Waals surface area contributed by atoms with E-state index in [-0.39, 0.29) is 102 Å². The molecular formula is C51H44O20. The smallest absolute Gasteiger partial charge is 0.330 e. The van der Waals surface area contributed by atoms with Gasteiger partial charge in [-0.05, 0) is 71.8 Å². The standard InChI is InChI=1S/C51H44O20/c1-64-38-14-24(15-39(65-2)43(38)60)48-50(71-51-46(63)45(62)44(61)40(69-51)21-66-41(59)12-5-22-3-7-25(52)8-4-22)30-18-27(67-36-16-26(53)17-37(68-48)42(30)36)9-10-28-32(55)20-33(56)29-19-35(58)47(70-49(28)29)23-6-11-31(54)34(57)13-23/h3-18,20,35,40,44-47,51-52,54-58,60-63H,19,21H2,1-2H3/b10-9+,12-5+. The van der Waals surface area contributed by atoms with E-state index < -0.39 is 78.2 Å². The monoisotopic (exact) mass is 976 g/mol. The number of aromatic hydroxyl groups is 6. The molecule has 1 fully saturated rings. The molecule has 71 heavy (non-hydrogen) atoms. The van der Waals surface area contributed by atoms with Crippen molar-refractivity contribution in [1.29, 1.82) is 0 Å². The summed E-state index contributed by atoms with van der Waals surface area (Å²) < 4.78 is 47.4. The van der Waals surface area contributed by atoms with Gasteiger partial charge >= 0.3 is 5.97 Å². The summed E-state index contributed by atoms with van der Waals surface area (Å²) in [4.78, 5) is 26.0. The summed E-state index contributed by atoms with van der Waals surface area (Å²) in [6.07, 6.45) is -6.30. The van der Waals surface area contributed by atoms with Crippen LogP contribution in [0.25, 0.3) is 51.5 Å². The summed E-state index contributed by atoms with van der Waals surface area (Å²) in [7, 11) is 2.57. The molecule has 7 atom stereocenters. The highest BCUT2D eigenvalue weighted by Crippen LogP contribution is 2.49. The van der Waals surface area contributed by atoms with Gasteiger partial charge in [0.2, 0.25) is 12.0 Å². The molecule has 4 heterocycles. The van der Waals surface area contributed by atoms with E-state index in [0.29, 0.717) is 5.56 Å². The lowest BCUT2D eigenvalue weighted by Crippen LogP contribution is -2.60. The lowest BCUT2D eigenvalue weighted by molar-refractivity contribution is -0.278. The van der Waals surface area contributed by atoms with E-state index in [1.165, 1.54) is 87.0 Å². The van der Waals surface area contributed by atoms with Crippen LogP contribution in [0.4, 0.5) is 0 Å². The molecule has 2 aromatic heterocycles. The molecule has 2 aliphatic rings. The zero-order valence-electron chi connectivity index (χ0n) is 37.3. The van der Waals surface area contributed by atoms with Crippen molar-refractivity contribution in [2.24, 2.45) is 0 Å². The molecule has 7 aromatic rings. The highest BCUT2D eigenvalue weighted by atomic mass is 16.7. The fraction of sp³-hybridized carbons (Fsp3) is 0.216. The number of ether oxygens (including phenoxy) is 6. The quantitative estimate of drug-likeness (QED) is 0.0432. The Labute approximate surface area is 400 Å². The second kappa shape index (κ2) is 19.2. The van der Waals surface area contributed by atoms with Crippen molar-refractivity contribution in [3.05, 3.63) is 123 Å². The van der Waals surface area contributed by atoms with Gasteiger partial charge in [0.05, 0.1) is 31.3 Å². The number of esters is 1. The van der Waals surface area contributed by atoms with Crippen molar-refractivity contribution in [2.75, 3.05) is 20.8 Å². The van der Waals surface area contributed by atoms with Gasteiger partial charge in [0.15, 0.2) is 39.9 Å². The van der Waals surface area contributed by atoms with Crippen LogP contribution in [-0.2, 0) is 20.7 Å². The molecule has 7 unspecified atom stereocenters. The number of carbonyl (C=O) groups is 1. The third kappa shape index (κ3) is 9.27. The first-order chi connectivity index (χ1) is 34.0. The summed E-state index contributed by atoms with van der Waals surface area (Å²) in [5.41, 5.74) is 0.441. The Bertz CT molecular complexity index is 3270. The summed E-state index contributed by atoms with van der Waals surface area (Å²) in [6.45, 7) is -0.633. The van der Waals surface area contributed by atoms with Crippen LogP contribution in [0.15, 0.2) is 98.6 Å². The minimum atomic E-state index is -1.96. The molecule has 0 spiro atoms. The van der Waals surface area contributed by atoms with E-state index in [0.717, 1.165) is 18.2 Å². The Balaban J connectivity index is 1.14. The Kier molecular flexibility index (Phi) is 12.9. The fourth-order valence-electron chi connectivity index (χ4n) is 8.34. The molecular weight excluding hydrogens is 933 g/mol. The Morgan fingerprint density at radius 2 is 1.44 bits per heavy atom. The molecule has 368 valence electrons. The van der Waals surface area contributed by atoms with Gasteiger partial charge in [0, 0.05) is 47.2 Å². The Morgan fingerprint density at radius 1 is 0.732 bits per heavy atom. The number of hydrogen-bond acceptors (Lipinski definition) is 20. The van der Waals surface area contributed by atoms with Crippen LogP contribution in [0.2, 0.25) is 0 Å². The van der Waals surface area contributed by atoms with Crippen LogP contribution in [-0.4, -0.2) is 115 Å². The summed E-state index contributed by atoms with van der Waals surface area (Å²) in [6, 6.07) is 17.3. The first kappa shape index (κ1) is 47.7. The average Bonchev–Trinajstić information content (AvgIpc) is 3.34. The van der Waals surface area contributed by atoms with Crippen LogP contribution in [0.5, 0.6) is 57.5 Å². The Morgan fingerprint density at radius 3 is 2.13 bits per heavy atom. The lowest BCUT2D eigenvalue weighted by atomic mass is 9.92. The number of methoxy groups -OCH3 is 2. The summed E-state index contributed by atoms with van der Waals surface area (Å²) >= 11 is 0. The van der Waals surface area contributed by atoms with E-state index in [9.17, 15) is 60.7 Å². The maximum Gasteiger partial charge on any atom is 0.330 e. The number of carbonyl (C=O) groups excluding carboxylic acids is 1. The fourth-order valence-corrected chi connectivity index (χ4v) is 8.34. The highest BCUT2D eigenvalue weighted by molar-refractivity contribution is 6.10.